The van der Waals surface area contributed by atoms with Gasteiger partial charge in [0.15, 0.2) is 9.84 Å². The first-order valence-corrected chi connectivity index (χ1v) is 8.69. The SMILES string of the molecule is CCCNC(CCOc1ccc(S(C)(=O)=O)cc1)C(N)=O. The number of nitrogens with two attached hydrogens (primary N) is 1. The molecule has 0 heterocycles. The Morgan fingerprint density at radius 2 is 1.95 bits per heavy atom. The molecule has 0 saturated heterocycles. The van der Waals surface area contributed by atoms with E-state index in [9.17, 15) is 13.2 Å². The van der Waals surface area contributed by atoms with Crippen molar-refractivity contribution in [3.8, 4) is 5.75 Å². The fourth-order valence-corrected chi connectivity index (χ4v) is 2.37. The number of ether oxygens (including phenoxy) is 1. The van der Waals surface area contributed by atoms with Crippen molar-refractivity contribution < 1.29 is 17.9 Å². The Kier molecular flexibility index (Phi) is 6.64. The third-order valence-corrected chi connectivity index (χ3v) is 4.04. The van der Waals surface area contributed by atoms with Crippen molar-refractivity contribution in [1.82, 2.24) is 5.32 Å². The van der Waals surface area contributed by atoms with E-state index in [1.54, 1.807) is 12.1 Å². The molecule has 0 aliphatic rings. The van der Waals surface area contributed by atoms with Gasteiger partial charge in [0.25, 0.3) is 0 Å². The van der Waals surface area contributed by atoms with Gasteiger partial charge in [0.1, 0.15) is 5.75 Å². The molecule has 0 radical (unpaired) electrons. The highest BCUT2D eigenvalue weighted by Gasteiger charge is 2.14. The van der Waals surface area contributed by atoms with Crippen LogP contribution in [0.4, 0.5) is 0 Å². The van der Waals surface area contributed by atoms with Crippen LogP contribution in [0, 0.1) is 0 Å². The molecule has 0 aromatic heterocycles. The van der Waals surface area contributed by atoms with Crippen LogP contribution in [0.5, 0.6) is 5.75 Å². The summed E-state index contributed by atoms with van der Waals surface area (Å²) in [4.78, 5) is 11.5. The average Bonchev–Trinajstić information content (AvgIpc) is 2.41. The van der Waals surface area contributed by atoms with Crippen molar-refractivity contribution >= 4 is 15.7 Å². The minimum atomic E-state index is -3.20. The Balaban J connectivity index is 2.49. The molecule has 1 amide bonds. The van der Waals surface area contributed by atoms with E-state index in [4.69, 9.17) is 10.5 Å². The van der Waals surface area contributed by atoms with Gasteiger partial charge in [-0.05, 0) is 37.2 Å². The lowest BCUT2D eigenvalue weighted by Gasteiger charge is -2.15. The first-order chi connectivity index (χ1) is 9.84. The number of carbonyl (C=O) groups excluding carboxylic acids is 1. The summed E-state index contributed by atoms with van der Waals surface area (Å²) in [6, 6.07) is 5.75. The van der Waals surface area contributed by atoms with E-state index in [0.717, 1.165) is 19.2 Å². The summed E-state index contributed by atoms with van der Waals surface area (Å²) in [5.41, 5.74) is 5.30. The summed E-state index contributed by atoms with van der Waals surface area (Å²) < 4.78 is 28.1. The summed E-state index contributed by atoms with van der Waals surface area (Å²) in [6.07, 6.45) is 2.53. The van der Waals surface area contributed by atoms with Gasteiger partial charge in [0.05, 0.1) is 17.5 Å². The third-order valence-electron chi connectivity index (χ3n) is 2.91. The molecule has 0 spiro atoms. The summed E-state index contributed by atoms with van der Waals surface area (Å²) in [7, 11) is -3.20. The molecule has 1 aromatic rings. The molecule has 0 saturated carbocycles. The van der Waals surface area contributed by atoms with E-state index < -0.39 is 21.8 Å². The fraction of sp³-hybridized carbons (Fsp3) is 0.500. The van der Waals surface area contributed by atoms with E-state index in [-0.39, 0.29) is 4.90 Å². The van der Waals surface area contributed by atoms with Gasteiger partial charge in [0.2, 0.25) is 5.91 Å². The van der Waals surface area contributed by atoms with Crippen LogP contribution in [0.1, 0.15) is 19.8 Å². The van der Waals surface area contributed by atoms with Gasteiger partial charge < -0.3 is 15.8 Å². The van der Waals surface area contributed by atoms with Crippen LogP contribution in [-0.2, 0) is 14.6 Å². The zero-order valence-corrected chi connectivity index (χ0v) is 13.2. The smallest absolute Gasteiger partial charge is 0.234 e. The summed E-state index contributed by atoms with van der Waals surface area (Å²) in [5.74, 6) is 0.153. The van der Waals surface area contributed by atoms with Crippen LogP contribution >= 0.6 is 0 Å². The third kappa shape index (κ3) is 6.14. The number of primary amides is 1. The number of carbonyl (C=O) groups is 1. The highest BCUT2D eigenvalue weighted by molar-refractivity contribution is 7.90. The molecule has 6 nitrogen and oxygen atoms in total. The van der Waals surface area contributed by atoms with Gasteiger partial charge in [0, 0.05) is 12.7 Å². The van der Waals surface area contributed by atoms with Crippen molar-refractivity contribution in [3.05, 3.63) is 24.3 Å². The number of sulfone groups is 1. The van der Waals surface area contributed by atoms with Crippen molar-refractivity contribution in [3.63, 3.8) is 0 Å². The molecule has 21 heavy (non-hydrogen) atoms. The van der Waals surface area contributed by atoms with Crippen molar-refractivity contribution in [1.29, 1.82) is 0 Å². The first kappa shape index (κ1) is 17.5. The second-order valence-corrected chi connectivity index (χ2v) is 6.81. The Labute approximate surface area is 125 Å². The number of nitrogens with one attached hydrogen (secondary N) is 1. The number of rotatable bonds is 9. The predicted octanol–water partition coefficient (Wildman–Crippen LogP) is 0.713. The van der Waals surface area contributed by atoms with Crippen molar-refractivity contribution in [2.24, 2.45) is 5.73 Å². The van der Waals surface area contributed by atoms with Crippen molar-refractivity contribution in [2.45, 2.75) is 30.7 Å². The van der Waals surface area contributed by atoms with Gasteiger partial charge in [-0.15, -0.1) is 0 Å². The van der Waals surface area contributed by atoms with E-state index in [2.05, 4.69) is 5.32 Å². The highest BCUT2D eigenvalue weighted by atomic mass is 32.2. The van der Waals surface area contributed by atoms with Gasteiger partial charge in [-0.25, -0.2) is 8.42 Å². The molecular formula is C14H22N2O4S. The van der Waals surface area contributed by atoms with E-state index >= 15 is 0 Å². The van der Waals surface area contributed by atoms with Crippen LogP contribution in [0.3, 0.4) is 0 Å². The van der Waals surface area contributed by atoms with E-state index in [1.807, 2.05) is 6.92 Å². The number of hydrogen-bond donors (Lipinski definition) is 2. The molecule has 1 unspecified atom stereocenters. The van der Waals surface area contributed by atoms with Crippen LogP contribution in [-0.4, -0.2) is 39.8 Å². The molecule has 1 aromatic carbocycles. The second kappa shape index (κ2) is 7.99. The normalized spacial score (nSPS) is 12.9. The summed E-state index contributed by atoms with van der Waals surface area (Å²) in [5, 5.41) is 3.05. The molecule has 7 heteroatoms. The summed E-state index contributed by atoms with van der Waals surface area (Å²) in [6.45, 7) is 3.05. The topological polar surface area (TPSA) is 98.5 Å². The Hall–Kier alpha value is -1.60. The van der Waals surface area contributed by atoms with Crippen LogP contribution < -0.4 is 15.8 Å². The van der Waals surface area contributed by atoms with Crippen molar-refractivity contribution in [2.75, 3.05) is 19.4 Å². The quantitative estimate of drug-likeness (QED) is 0.699. The maximum Gasteiger partial charge on any atom is 0.234 e. The molecule has 3 N–H and O–H groups in total. The van der Waals surface area contributed by atoms with E-state index in [0.29, 0.717) is 18.8 Å². The number of hydrogen-bond acceptors (Lipinski definition) is 5. The van der Waals surface area contributed by atoms with Gasteiger partial charge in [-0.3, -0.25) is 4.79 Å². The van der Waals surface area contributed by atoms with Gasteiger partial charge >= 0.3 is 0 Å². The lowest BCUT2D eigenvalue weighted by atomic mass is 10.2. The fourth-order valence-electron chi connectivity index (χ4n) is 1.74. The van der Waals surface area contributed by atoms with Gasteiger partial charge in [-0.2, -0.15) is 0 Å². The zero-order chi connectivity index (χ0) is 15.9. The maximum absolute atomic E-state index is 11.3. The lowest BCUT2D eigenvalue weighted by Crippen LogP contribution is -2.42. The van der Waals surface area contributed by atoms with Crippen LogP contribution in [0.2, 0.25) is 0 Å². The van der Waals surface area contributed by atoms with Gasteiger partial charge in [-0.1, -0.05) is 6.92 Å². The summed E-state index contributed by atoms with van der Waals surface area (Å²) >= 11 is 0. The first-order valence-electron chi connectivity index (χ1n) is 6.80. The Morgan fingerprint density at radius 1 is 1.33 bits per heavy atom. The zero-order valence-electron chi connectivity index (χ0n) is 12.3. The van der Waals surface area contributed by atoms with E-state index in [1.165, 1.54) is 12.1 Å². The standard InChI is InChI=1S/C14H22N2O4S/c1-3-9-16-13(14(15)17)8-10-20-11-4-6-12(7-5-11)21(2,18)19/h4-7,13,16H,3,8-10H2,1-2H3,(H2,15,17). The minimum Gasteiger partial charge on any atom is -0.494 e. The molecule has 0 bridgehead atoms. The number of amides is 1. The Bertz CT molecular complexity index is 555. The number of benzene rings is 1. The largest absolute Gasteiger partial charge is 0.494 e. The molecular weight excluding hydrogens is 292 g/mol. The molecule has 0 fully saturated rings. The van der Waals surface area contributed by atoms with Crippen LogP contribution in [0.15, 0.2) is 29.2 Å². The Morgan fingerprint density at radius 3 is 2.43 bits per heavy atom. The second-order valence-electron chi connectivity index (χ2n) is 4.79. The lowest BCUT2D eigenvalue weighted by molar-refractivity contribution is -0.120. The van der Waals surface area contributed by atoms with Crippen LogP contribution in [0.25, 0.3) is 0 Å². The minimum absolute atomic E-state index is 0.245. The highest BCUT2D eigenvalue weighted by Crippen LogP contribution is 2.16. The average molecular weight is 314 g/mol. The molecule has 1 atom stereocenters. The monoisotopic (exact) mass is 314 g/mol. The molecule has 1 rings (SSSR count). The molecule has 118 valence electrons. The molecule has 0 aliphatic heterocycles. The maximum atomic E-state index is 11.3. The molecule has 0 aliphatic carbocycles. The predicted molar refractivity (Wildman–Crippen MR) is 80.9 cm³/mol.